The molecule has 0 unspecified atom stereocenters. The smallest absolute Gasteiger partial charge is 0.100 e. The highest BCUT2D eigenvalue weighted by Crippen LogP contribution is 2.25. The van der Waals surface area contributed by atoms with Gasteiger partial charge in [0.1, 0.15) is 6.33 Å². The van der Waals surface area contributed by atoms with Crippen molar-refractivity contribution in [1.29, 1.82) is 0 Å². The summed E-state index contributed by atoms with van der Waals surface area (Å²) in [5, 5.41) is 0. The first-order valence-electron chi connectivity index (χ1n) is 8.41. The highest BCUT2D eigenvalue weighted by molar-refractivity contribution is 5.78. The van der Waals surface area contributed by atoms with Crippen LogP contribution in [-0.2, 0) is 11.3 Å². The summed E-state index contributed by atoms with van der Waals surface area (Å²) in [5.74, 6) is 0. The average molecular weight is 332 g/mol. The Morgan fingerprint density at radius 1 is 1.08 bits per heavy atom. The van der Waals surface area contributed by atoms with Crippen molar-refractivity contribution in [3.05, 3.63) is 72.9 Å². The van der Waals surface area contributed by atoms with Gasteiger partial charge in [0.05, 0.1) is 36.3 Å². The van der Waals surface area contributed by atoms with E-state index in [2.05, 4.69) is 45.9 Å². The van der Waals surface area contributed by atoms with Crippen molar-refractivity contribution in [2.75, 3.05) is 0 Å². The van der Waals surface area contributed by atoms with Crippen LogP contribution >= 0.6 is 0 Å². The Bertz CT molecular complexity index is 984. The number of ether oxygens (including phenoxy) is 1. The molecule has 0 fully saturated rings. The van der Waals surface area contributed by atoms with E-state index in [1.54, 1.807) is 12.5 Å². The van der Waals surface area contributed by atoms with Crippen molar-refractivity contribution in [1.82, 2.24) is 9.55 Å². The van der Waals surface area contributed by atoms with E-state index in [0.29, 0.717) is 6.61 Å². The van der Waals surface area contributed by atoms with Crippen LogP contribution in [-0.4, -0.2) is 15.7 Å². The number of furan rings is 1. The molecule has 25 heavy (non-hydrogen) atoms. The van der Waals surface area contributed by atoms with E-state index >= 15 is 0 Å². The largest absolute Gasteiger partial charge is 0.472 e. The first-order valence-corrected chi connectivity index (χ1v) is 8.41. The third-order valence-electron chi connectivity index (χ3n) is 4.17. The average Bonchev–Trinajstić information content (AvgIpc) is 3.29. The molecular weight excluding hydrogens is 312 g/mol. The zero-order chi connectivity index (χ0) is 17.2. The summed E-state index contributed by atoms with van der Waals surface area (Å²) in [4.78, 5) is 4.56. The fourth-order valence-corrected chi connectivity index (χ4v) is 2.88. The molecule has 0 saturated carbocycles. The highest BCUT2D eigenvalue weighted by Gasteiger charge is 2.08. The second-order valence-corrected chi connectivity index (χ2v) is 6.36. The minimum Gasteiger partial charge on any atom is -0.472 e. The van der Waals surface area contributed by atoms with Crippen molar-refractivity contribution in [2.24, 2.45) is 0 Å². The van der Waals surface area contributed by atoms with Gasteiger partial charge in [0, 0.05) is 11.3 Å². The SMILES string of the molecule is CC(C)OCc1ccc2c(c1)ncn2-c1cccc(-c2ccoc2)c1. The molecule has 0 radical (unpaired) electrons. The second-order valence-electron chi connectivity index (χ2n) is 6.36. The zero-order valence-electron chi connectivity index (χ0n) is 14.3. The number of imidazole rings is 1. The van der Waals surface area contributed by atoms with Crippen molar-refractivity contribution < 1.29 is 9.15 Å². The molecule has 2 heterocycles. The van der Waals surface area contributed by atoms with E-state index in [0.717, 1.165) is 33.4 Å². The van der Waals surface area contributed by atoms with Crippen LogP contribution in [0.15, 0.2) is 71.8 Å². The third kappa shape index (κ3) is 3.21. The van der Waals surface area contributed by atoms with E-state index in [1.165, 1.54) is 0 Å². The number of rotatable bonds is 5. The maximum Gasteiger partial charge on any atom is 0.100 e. The molecule has 4 heteroatoms. The van der Waals surface area contributed by atoms with Crippen LogP contribution in [0.1, 0.15) is 19.4 Å². The van der Waals surface area contributed by atoms with Crippen molar-refractivity contribution in [2.45, 2.75) is 26.6 Å². The van der Waals surface area contributed by atoms with Gasteiger partial charge >= 0.3 is 0 Å². The summed E-state index contributed by atoms with van der Waals surface area (Å²) in [7, 11) is 0. The van der Waals surface area contributed by atoms with E-state index in [-0.39, 0.29) is 6.10 Å². The minimum atomic E-state index is 0.221. The molecule has 0 aliphatic heterocycles. The summed E-state index contributed by atoms with van der Waals surface area (Å²) in [6, 6.07) is 16.6. The summed E-state index contributed by atoms with van der Waals surface area (Å²) in [6.07, 6.45) is 5.53. The number of hydrogen-bond acceptors (Lipinski definition) is 3. The van der Waals surface area contributed by atoms with Gasteiger partial charge in [-0.3, -0.25) is 4.57 Å². The fraction of sp³-hybridized carbons (Fsp3) is 0.190. The van der Waals surface area contributed by atoms with Crippen molar-refractivity contribution >= 4 is 11.0 Å². The number of benzene rings is 2. The third-order valence-corrected chi connectivity index (χ3v) is 4.17. The van der Waals surface area contributed by atoms with Gasteiger partial charge in [-0.1, -0.05) is 18.2 Å². The predicted molar refractivity (Wildman–Crippen MR) is 98.7 cm³/mol. The maximum absolute atomic E-state index is 5.68. The Morgan fingerprint density at radius 3 is 2.80 bits per heavy atom. The molecular formula is C21H20N2O2. The normalized spacial score (nSPS) is 11.5. The molecule has 2 aromatic heterocycles. The van der Waals surface area contributed by atoms with Crippen LogP contribution in [0.3, 0.4) is 0 Å². The van der Waals surface area contributed by atoms with Crippen LogP contribution in [0.25, 0.3) is 27.8 Å². The Kier molecular flexibility index (Phi) is 4.12. The molecule has 0 bridgehead atoms. The lowest BCUT2D eigenvalue weighted by Crippen LogP contribution is -2.02. The number of nitrogens with zero attached hydrogens (tertiary/aromatic N) is 2. The Balaban J connectivity index is 1.69. The molecule has 0 amide bonds. The molecule has 4 rings (SSSR count). The minimum absolute atomic E-state index is 0.221. The highest BCUT2D eigenvalue weighted by atomic mass is 16.5. The fourth-order valence-electron chi connectivity index (χ4n) is 2.88. The van der Waals surface area contributed by atoms with Crippen LogP contribution < -0.4 is 0 Å². The standard InChI is InChI=1S/C21H20N2O2/c1-15(2)25-12-16-6-7-21-20(10-16)22-14-23(21)19-5-3-4-17(11-19)18-8-9-24-13-18/h3-11,13-15H,12H2,1-2H3. The predicted octanol–water partition coefficient (Wildman–Crippen LogP) is 5.21. The maximum atomic E-state index is 5.68. The monoisotopic (exact) mass is 332 g/mol. The summed E-state index contributed by atoms with van der Waals surface area (Å²) in [5.41, 5.74) is 6.46. The first-order chi connectivity index (χ1) is 12.2. The molecule has 0 N–H and O–H groups in total. The Hall–Kier alpha value is -2.85. The van der Waals surface area contributed by atoms with Gasteiger partial charge in [-0.05, 0) is 55.3 Å². The van der Waals surface area contributed by atoms with Crippen molar-refractivity contribution in [3.63, 3.8) is 0 Å². The molecule has 0 aliphatic rings. The quantitative estimate of drug-likeness (QED) is 0.503. The lowest BCUT2D eigenvalue weighted by Gasteiger charge is -2.09. The Morgan fingerprint density at radius 2 is 2.00 bits per heavy atom. The van der Waals surface area contributed by atoms with Crippen LogP contribution in [0.4, 0.5) is 0 Å². The molecule has 0 spiro atoms. The van der Waals surface area contributed by atoms with Gasteiger partial charge in [0.15, 0.2) is 0 Å². The van der Waals surface area contributed by atoms with Crippen LogP contribution in [0.5, 0.6) is 0 Å². The first kappa shape index (κ1) is 15.7. The Labute approximate surface area is 146 Å². The second kappa shape index (κ2) is 6.57. The molecule has 2 aromatic carbocycles. The van der Waals surface area contributed by atoms with Crippen molar-refractivity contribution in [3.8, 4) is 16.8 Å². The van der Waals surface area contributed by atoms with Gasteiger partial charge in [-0.15, -0.1) is 0 Å². The van der Waals surface area contributed by atoms with E-state index in [9.17, 15) is 0 Å². The molecule has 4 aromatic rings. The van der Waals surface area contributed by atoms with Gasteiger partial charge in [-0.2, -0.15) is 0 Å². The number of hydrogen-bond donors (Lipinski definition) is 0. The van der Waals surface area contributed by atoms with Gasteiger partial charge in [0.2, 0.25) is 0 Å². The number of aromatic nitrogens is 2. The van der Waals surface area contributed by atoms with E-state index in [1.807, 2.05) is 32.3 Å². The summed E-state index contributed by atoms with van der Waals surface area (Å²) in [6.45, 7) is 4.69. The topological polar surface area (TPSA) is 40.2 Å². The van der Waals surface area contributed by atoms with Crippen LogP contribution in [0, 0.1) is 0 Å². The molecule has 126 valence electrons. The molecule has 0 atom stereocenters. The lowest BCUT2D eigenvalue weighted by molar-refractivity contribution is 0.0657. The van der Waals surface area contributed by atoms with E-state index < -0.39 is 0 Å². The van der Waals surface area contributed by atoms with E-state index in [4.69, 9.17) is 9.15 Å². The zero-order valence-corrected chi connectivity index (χ0v) is 14.3. The van der Waals surface area contributed by atoms with Gasteiger partial charge < -0.3 is 9.15 Å². The molecule has 4 nitrogen and oxygen atoms in total. The molecule has 0 saturated heterocycles. The van der Waals surface area contributed by atoms with Gasteiger partial charge in [0.25, 0.3) is 0 Å². The summed E-state index contributed by atoms with van der Waals surface area (Å²) >= 11 is 0. The lowest BCUT2D eigenvalue weighted by atomic mass is 10.1. The van der Waals surface area contributed by atoms with Crippen LogP contribution in [0.2, 0.25) is 0 Å². The molecule has 0 aliphatic carbocycles. The van der Waals surface area contributed by atoms with Gasteiger partial charge in [-0.25, -0.2) is 4.98 Å². The number of fused-ring (bicyclic) bond motifs is 1. The summed E-state index contributed by atoms with van der Waals surface area (Å²) < 4.78 is 13.0.